The number of aromatic amines is 1. The quantitative estimate of drug-likeness (QED) is 0.903. The summed E-state index contributed by atoms with van der Waals surface area (Å²) in [4.78, 5) is 35.1. The molecule has 22 heavy (non-hydrogen) atoms. The van der Waals surface area contributed by atoms with Crippen molar-refractivity contribution in [2.24, 2.45) is 0 Å². The van der Waals surface area contributed by atoms with Crippen LogP contribution in [-0.4, -0.2) is 51.9 Å². The maximum absolute atomic E-state index is 12.2. The average molecular weight is 300 g/mol. The SMILES string of the molecule is CC(=O)N1CCN([C@@H](C)c2nc3ccccc3c(=O)[nH]2)CC1. The maximum Gasteiger partial charge on any atom is 0.258 e. The van der Waals surface area contributed by atoms with Crippen molar-refractivity contribution in [2.75, 3.05) is 26.2 Å². The van der Waals surface area contributed by atoms with Crippen molar-refractivity contribution in [3.05, 3.63) is 40.4 Å². The van der Waals surface area contributed by atoms with Gasteiger partial charge in [-0.1, -0.05) is 12.1 Å². The number of carbonyl (C=O) groups is 1. The molecule has 6 heteroatoms. The minimum Gasteiger partial charge on any atom is -0.340 e. The standard InChI is InChI=1S/C16H20N4O2/c1-11(19-7-9-20(10-8-19)12(2)21)15-17-14-6-4-3-5-13(14)16(22)18-15/h3-6,11H,7-10H2,1-2H3,(H,17,18,22)/t11-/m0/s1. The number of aromatic nitrogens is 2. The van der Waals surface area contributed by atoms with Gasteiger partial charge in [-0.3, -0.25) is 14.5 Å². The van der Waals surface area contributed by atoms with Crippen LogP contribution in [0.3, 0.4) is 0 Å². The minimum atomic E-state index is -0.102. The van der Waals surface area contributed by atoms with Crippen molar-refractivity contribution in [2.45, 2.75) is 19.9 Å². The van der Waals surface area contributed by atoms with Crippen molar-refractivity contribution in [1.82, 2.24) is 19.8 Å². The number of piperazine rings is 1. The van der Waals surface area contributed by atoms with Crippen LogP contribution in [0, 0.1) is 0 Å². The second-order valence-corrected chi connectivity index (χ2v) is 5.69. The van der Waals surface area contributed by atoms with Crippen LogP contribution in [0.5, 0.6) is 0 Å². The second kappa shape index (κ2) is 5.88. The Morgan fingerprint density at radius 3 is 2.59 bits per heavy atom. The summed E-state index contributed by atoms with van der Waals surface area (Å²) in [5.74, 6) is 0.796. The predicted molar refractivity (Wildman–Crippen MR) is 84.6 cm³/mol. The van der Waals surface area contributed by atoms with Crippen molar-refractivity contribution < 1.29 is 4.79 Å². The molecule has 0 aliphatic carbocycles. The van der Waals surface area contributed by atoms with E-state index in [-0.39, 0.29) is 17.5 Å². The van der Waals surface area contributed by atoms with Gasteiger partial charge < -0.3 is 9.88 Å². The zero-order valence-electron chi connectivity index (χ0n) is 12.9. The number of nitrogens with zero attached hydrogens (tertiary/aromatic N) is 3. The Morgan fingerprint density at radius 1 is 1.23 bits per heavy atom. The molecule has 1 aliphatic heterocycles. The summed E-state index contributed by atoms with van der Waals surface area (Å²) in [6.45, 7) is 6.65. The fourth-order valence-electron chi connectivity index (χ4n) is 2.90. The maximum atomic E-state index is 12.2. The van der Waals surface area contributed by atoms with Crippen LogP contribution in [0.15, 0.2) is 29.1 Å². The van der Waals surface area contributed by atoms with Crippen LogP contribution in [0.1, 0.15) is 25.7 Å². The van der Waals surface area contributed by atoms with Gasteiger partial charge in [-0.25, -0.2) is 4.98 Å². The zero-order valence-corrected chi connectivity index (χ0v) is 12.9. The number of hydrogen-bond donors (Lipinski definition) is 1. The molecule has 0 bridgehead atoms. The number of rotatable bonds is 2. The molecule has 1 fully saturated rings. The lowest BCUT2D eigenvalue weighted by atomic mass is 10.2. The zero-order chi connectivity index (χ0) is 15.7. The van der Waals surface area contributed by atoms with Gasteiger partial charge >= 0.3 is 0 Å². The smallest absolute Gasteiger partial charge is 0.258 e. The molecule has 0 unspecified atom stereocenters. The number of hydrogen-bond acceptors (Lipinski definition) is 4. The molecule has 0 saturated carbocycles. The van der Waals surface area contributed by atoms with Gasteiger partial charge in [-0.15, -0.1) is 0 Å². The van der Waals surface area contributed by atoms with Crippen LogP contribution >= 0.6 is 0 Å². The molecule has 0 radical (unpaired) electrons. The van der Waals surface area contributed by atoms with Crippen LogP contribution in [0.25, 0.3) is 10.9 Å². The highest BCUT2D eigenvalue weighted by atomic mass is 16.2. The van der Waals surface area contributed by atoms with Crippen LogP contribution in [0.2, 0.25) is 0 Å². The highest BCUT2D eigenvalue weighted by Gasteiger charge is 2.24. The van der Waals surface area contributed by atoms with E-state index in [0.29, 0.717) is 11.2 Å². The third kappa shape index (κ3) is 2.74. The number of carbonyl (C=O) groups excluding carboxylic acids is 1. The molecule has 2 aromatic rings. The number of H-pyrrole nitrogens is 1. The number of para-hydroxylation sites is 1. The highest BCUT2D eigenvalue weighted by Crippen LogP contribution is 2.19. The molecule has 1 N–H and O–H groups in total. The summed E-state index contributed by atoms with van der Waals surface area (Å²) in [6, 6.07) is 7.37. The van der Waals surface area contributed by atoms with Crippen molar-refractivity contribution >= 4 is 16.8 Å². The summed E-state index contributed by atoms with van der Waals surface area (Å²) in [5, 5.41) is 0.611. The Hall–Kier alpha value is -2.21. The Labute approximate surface area is 128 Å². The average Bonchev–Trinajstić information content (AvgIpc) is 2.54. The molecule has 1 aliphatic rings. The molecule has 0 spiro atoms. The monoisotopic (exact) mass is 300 g/mol. The van der Waals surface area contributed by atoms with E-state index < -0.39 is 0 Å². The molecular formula is C16H20N4O2. The number of amides is 1. The number of benzene rings is 1. The lowest BCUT2D eigenvalue weighted by molar-refractivity contribution is -0.130. The molecule has 1 aromatic heterocycles. The fourth-order valence-corrected chi connectivity index (χ4v) is 2.90. The topological polar surface area (TPSA) is 69.3 Å². The second-order valence-electron chi connectivity index (χ2n) is 5.69. The molecule has 116 valence electrons. The predicted octanol–water partition coefficient (Wildman–Crippen LogP) is 1.15. The van der Waals surface area contributed by atoms with Gasteiger partial charge in [0.2, 0.25) is 5.91 Å². The molecular weight excluding hydrogens is 280 g/mol. The van der Waals surface area contributed by atoms with E-state index in [1.54, 1.807) is 13.0 Å². The third-order valence-corrected chi connectivity index (χ3v) is 4.33. The van der Waals surface area contributed by atoms with E-state index in [9.17, 15) is 9.59 Å². The Kier molecular flexibility index (Phi) is 3.94. The Balaban J connectivity index is 1.82. The first-order valence-electron chi connectivity index (χ1n) is 7.55. The molecule has 1 aromatic carbocycles. The van der Waals surface area contributed by atoms with Crippen molar-refractivity contribution in [3.8, 4) is 0 Å². The third-order valence-electron chi connectivity index (χ3n) is 4.33. The highest BCUT2D eigenvalue weighted by molar-refractivity contribution is 5.77. The first kappa shape index (κ1) is 14.7. The fraction of sp³-hybridized carbons (Fsp3) is 0.438. The van der Waals surface area contributed by atoms with Crippen LogP contribution < -0.4 is 5.56 Å². The Morgan fingerprint density at radius 2 is 1.91 bits per heavy atom. The summed E-state index contributed by atoms with van der Waals surface area (Å²) in [6.07, 6.45) is 0. The van der Waals surface area contributed by atoms with Crippen molar-refractivity contribution in [1.29, 1.82) is 0 Å². The van der Waals surface area contributed by atoms with Crippen LogP contribution in [-0.2, 0) is 4.79 Å². The van der Waals surface area contributed by atoms with Gasteiger partial charge in [0.05, 0.1) is 16.9 Å². The molecule has 6 nitrogen and oxygen atoms in total. The van der Waals surface area contributed by atoms with Gasteiger partial charge in [0.25, 0.3) is 5.56 Å². The first-order valence-corrected chi connectivity index (χ1v) is 7.55. The van der Waals surface area contributed by atoms with Gasteiger partial charge in [0.1, 0.15) is 5.82 Å². The lowest BCUT2D eigenvalue weighted by Gasteiger charge is -2.37. The van der Waals surface area contributed by atoms with E-state index in [1.165, 1.54) is 0 Å². The largest absolute Gasteiger partial charge is 0.340 e. The van der Waals surface area contributed by atoms with E-state index >= 15 is 0 Å². The summed E-state index contributed by atoms with van der Waals surface area (Å²) in [7, 11) is 0. The van der Waals surface area contributed by atoms with Crippen LogP contribution in [0.4, 0.5) is 0 Å². The molecule has 1 saturated heterocycles. The summed E-state index contributed by atoms with van der Waals surface area (Å²) in [5.41, 5.74) is 0.616. The normalized spacial score (nSPS) is 17.6. The van der Waals surface area contributed by atoms with Gasteiger partial charge in [-0.05, 0) is 19.1 Å². The van der Waals surface area contributed by atoms with Gasteiger partial charge in [0, 0.05) is 33.1 Å². The van der Waals surface area contributed by atoms with Crippen molar-refractivity contribution in [3.63, 3.8) is 0 Å². The van der Waals surface area contributed by atoms with E-state index in [2.05, 4.69) is 14.9 Å². The van der Waals surface area contributed by atoms with E-state index in [0.717, 1.165) is 31.7 Å². The minimum absolute atomic E-state index is 0.0198. The van der Waals surface area contributed by atoms with E-state index in [4.69, 9.17) is 0 Å². The van der Waals surface area contributed by atoms with E-state index in [1.807, 2.05) is 30.0 Å². The Bertz CT molecular complexity index is 747. The lowest BCUT2D eigenvalue weighted by Crippen LogP contribution is -2.49. The van der Waals surface area contributed by atoms with Gasteiger partial charge in [-0.2, -0.15) is 0 Å². The molecule has 1 atom stereocenters. The molecule has 2 heterocycles. The number of fused-ring (bicyclic) bond motifs is 1. The summed E-state index contributed by atoms with van der Waals surface area (Å²) < 4.78 is 0. The van der Waals surface area contributed by atoms with Gasteiger partial charge in [0.15, 0.2) is 0 Å². The molecule has 1 amide bonds. The number of nitrogens with one attached hydrogen (secondary N) is 1. The summed E-state index contributed by atoms with van der Waals surface area (Å²) >= 11 is 0. The molecule has 3 rings (SSSR count). The first-order chi connectivity index (χ1) is 10.6.